The summed E-state index contributed by atoms with van der Waals surface area (Å²) in [5.41, 5.74) is 0. The van der Waals surface area contributed by atoms with E-state index >= 15 is 0 Å². The molecule has 0 atom stereocenters. The molecule has 0 spiro atoms. The number of amides is 1. The van der Waals surface area contributed by atoms with Gasteiger partial charge in [-0.1, -0.05) is 6.07 Å². The minimum Gasteiger partial charge on any atom is -0.357 e. The molecule has 1 aliphatic rings. The normalized spacial score (nSPS) is 15.5. The highest BCUT2D eigenvalue weighted by Gasteiger charge is 2.20. The molecule has 23 heavy (non-hydrogen) atoms. The maximum absolute atomic E-state index is 11.7. The molecule has 126 valence electrons. The van der Waals surface area contributed by atoms with Crippen LogP contribution in [0.5, 0.6) is 0 Å². The number of rotatable bonds is 4. The minimum absolute atomic E-state index is 0.00697. The van der Waals surface area contributed by atoms with Crippen LogP contribution in [0.15, 0.2) is 29.4 Å². The Bertz CT molecular complexity index is 523. The summed E-state index contributed by atoms with van der Waals surface area (Å²) < 4.78 is 0. The molecule has 0 aromatic carbocycles. The van der Waals surface area contributed by atoms with Crippen molar-refractivity contribution in [3.05, 3.63) is 24.4 Å². The van der Waals surface area contributed by atoms with Crippen LogP contribution in [0.1, 0.15) is 6.92 Å². The summed E-state index contributed by atoms with van der Waals surface area (Å²) in [5.74, 6) is 1.83. The maximum Gasteiger partial charge on any atom is 0.243 e. The Morgan fingerprint density at radius 2 is 2.04 bits per heavy atom. The number of hydrogen-bond acceptors (Lipinski definition) is 4. The van der Waals surface area contributed by atoms with Crippen LogP contribution in [0.4, 0.5) is 5.82 Å². The van der Waals surface area contributed by atoms with Crippen molar-refractivity contribution < 1.29 is 4.79 Å². The van der Waals surface area contributed by atoms with E-state index in [1.807, 2.05) is 31.3 Å². The zero-order valence-corrected chi connectivity index (χ0v) is 14.2. The summed E-state index contributed by atoms with van der Waals surface area (Å²) in [4.78, 5) is 26.6. The standard InChI is InChI=1S/C16H26N6O/c1-4-17-16(19-13-15(23)20(2)3)22-11-9-21(10-12-22)14-7-5-6-8-18-14/h5-8H,4,9-13H2,1-3H3,(H,17,19). The monoisotopic (exact) mass is 318 g/mol. The van der Waals surface area contributed by atoms with E-state index in [-0.39, 0.29) is 12.5 Å². The first-order chi connectivity index (χ1) is 11.1. The first-order valence-corrected chi connectivity index (χ1v) is 8.01. The number of carbonyl (C=O) groups excluding carboxylic acids is 1. The fourth-order valence-corrected chi connectivity index (χ4v) is 2.40. The lowest BCUT2D eigenvalue weighted by atomic mass is 10.3. The van der Waals surface area contributed by atoms with Gasteiger partial charge in [-0.25, -0.2) is 9.98 Å². The number of nitrogens with zero attached hydrogens (tertiary/aromatic N) is 5. The number of likely N-dealkylation sites (N-methyl/N-ethyl adjacent to an activating group) is 1. The van der Waals surface area contributed by atoms with Gasteiger partial charge in [-0.3, -0.25) is 4.79 Å². The lowest BCUT2D eigenvalue weighted by Crippen LogP contribution is -2.53. The molecule has 0 saturated carbocycles. The fourth-order valence-electron chi connectivity index (χ4n) is 2.40. The summed E-state index contributed by atoms with van der Waals surface area (Å²) in [6.45, 7) is 6.50. The number of anilines is 1. The summed E-state index contributed by atoms with van der Waals surface area (Å²) in [5, 5.41) is 3.27. The number of nitrogens with one attached hydrogen (secondary N) is 1. The molecule has 0 unspecified atom stereocenters. The Hall–Kier alpha value is -2.31. The Balaban J connectivity index is 1.94. The zero-order chi connectivity index (χ0) is 16.7. The Kier molecular flexibility index (Phi) is 6.19. The molecule has 0 aliphatic carbocycles. The second-order valence-corrected chi connectivity index (χ2v) is 5.62. The van der Waals surface area contributed by atoms with Crippen LogP contribution in [0.25, 0.3) is 0 Å². The van der Waals surface area contributed by atoms with E-state index in [1.165, 1.54) is 0 Å². The third-order valence-corrected chi connectivity index (χ3v) is 3.75. The van der Waals surface area contributed by atoms with Crippen LogP contribution < -0.4 is 10.2 Å². The molecule has 0 bridgehead atoms. The van der Waals surface area contributed by atoms with Gasteiger partial charge < -0.3 is 20.0 Å². The average molecular weight is 318 g/mol. The average Bonchev–Trinajstić information content (AvgIpc) is 2.59. The number of guanidine groups is 1. The van der Waals surface area contributed by atoms with Crippen molar-refractivity contribution in [1.82, 2.24) is 20.1 Å². The van der Waals surface area contributed by atoms with Gasteiger partial charge in [0, 0.05) is 53.0 Å². The number of piperazine rings is 1. The molecule has 2 rings (SSSR count). The second-order valence-electron chi connectivity index (χ2n) is 5.62. The van der Waals surface area contributed by atoms with Gasteiger partial charge in [0.05, 0.1) is 0 Å². The van der Waals surface area contributed by atoms with Crippen molar-refractivity contribution in [3.8, 4) is 0 Å². The van der Waals surface area contributed by atoms with E-state index in [0.29, 0.717) is 0 Å². The number of carbonyl (C=O) groups is 1. The van der Waals surface area contributed by atoms with Crippen molar-refractivity contribution >= 4 is 17.7 Å². The van der Waals surface area contributed by atoms with Crippen LogP contribution in [-0.2, 0) is 4.79 Å². The van der Waals surface area contributed by atoms with E-state index in [9.17, 15) is 4.79 Å². The lowest BCUT2D eigenvalue weighted by Gasteiger charge is -2.37. The minimum atomic E-state index is 0.00697. The Labute approximate surface area is 138 Å². The number of aromatic nitrogens is 1. The summed E-state index contributed by atoms with van der Waals surface area (Å²) in [6.07, 6.45) is 1.82. The molecule has 7 nitrogen and oxygen atoms in total. The highest BCUT2D eigenvalue weighted by atomic mass is 16.2. The van der Waals surface area contributed by atoms with Crippen molar-refractivity contribution in [3.63, 3.8) is 0 Å². The SMILES string of the molecule is CCNC(=NCC(=O)N(C)C)N1CCN(c2ccccn2)CC1. The summed E-state index contributed by atoms with van der Waals surface area (Å²) >= 11 is 0. The van der Waals surface area contributed by atoms with Gasteiger partial charge in [-0.15, -0.1) is 0 Å². The van der Waals surface area contributed by atoms with Crippen LogP contribution in [-0.4, -0.2) is 80.0 Å². The highest BCUT2D eigenvalue weighted by Crippen LogP contribution is 2.12. The molecule has 1 aromatic rings. The van der Waals surface area contributed by atoms with Crippen LogP contribution >= 0.6 is 0 Å². The van der Waals surface area contributed by atoms with Gasteiger partial charge in [-0.2, -0.15) is 0 Å². The van der Waals surface area contributed by atoms with Gasteiger partial charge >= 0.3 is 0 Å². The largest absolute Gasteiger partial charge is 0.357 e. The molecule has 0 radical (unpaired) electrons. The molecular weight excluding hydrogens is 292 g/mol. The molecule has 7 heteroatoms. The van der Waals surface area contributed by atoms with Crippen molar-refractivity contribution in [1.29, 1.82) is 0 Å². The third kappa shape index (κ3) is 4.84. The Morgan fingerprint density at radius 1 is 1.30 bits per heavy atom. The zero-order valence-electron chi connectivity index (χ0n) is 14.2. The molecule has 1 amide bonds. The molecule has 1 N–H and O–H groups in total. The van der Waals surface area contributed by atoms with Crippen LogP contribution in [0, 0.1) is 0 Å². The highest BCUT2D eigenvalue weighted by molar-refractivity contribution is 5.85. The van der Waals surface area contributed by atoms with Gasteiger partial charge in [-0.05, 0) is 19.1 Å². The number of hydrogen-bond donors (Lipinski definition) is 1. The van der Waals surface area contributed by atoms with Crippen molar-refractivity contribution in [2.75, 3.05) is 58.3 Å². The molecule has 1 saturated heterocycles. The molecule has 1 aromatic heterocycles. The van der Waals surface area contributed by atoms with Crippen LogP contribution in [0.3, 0.4) is 0 Å². The molecule has 2 heterocycles. The third-order valence-electron chi connectivity index (χ3n) is 3.75. The predicted octanol–water partition coefficient (Wildman–Crippen LogP) is 0.257. The van der Waals surface area contributed by atoms with E-state index in [4.69, 9.17) is 0 Å². The fraction of sp³-hybridized carbons (Fsp3) is 0.562. The first kappa shape index (κ1) is 17.1. The number of aliphatic imine (C=N–C) groups is 1. The van der Waals surface area contributed by atoms with E-state index in [2.05, 4.69) is 25.1 Å². The quantitative estimate of drug-likeness (QED) is 0.637. The van der Waals surface area contributed by atoms with Crippen LogP contribution in [0.2, 0.25) is 0 Å². The van der Waals surface area contributed by atoms with Crippen molar-refractivity contribution in [2.45, 2.75) is 6.92 Å². The molecule has 1 aliphatic heterocycles. The van der Waals surface area contributed by atoms with Gasteiger partial charge in [0.2, 0.25) is 5.91 Å². The smallest absolute Gasteiger partial charge is 0.243 e. The van der Waals surface area contributed by atoms with Gasteiger partial charge in [0.25, 0.3) is 0 Å². The van der Waals surface area contributed by atoms with Gasteiger partial charge in [0.1, 0.15) is 12.4 Å². The van der Waals surface area contributed by atoms with Gasteiger partial charge in [0.15, 0.2) is 5.96 Å². The second kappa shape index (κ2) is 8.36. The lowest BCUT2D eigenvalue weighted by molar-refractivity contribution is -0.127. The predicted molar refractivity (Wildman–Crippen MR) is 92.7 cm³/mol. The summed E-state index contributed by atoms with van der Waals surface area (Å²) in [7, 11) is 3.49. The number of pyridine rings is 1. The Morgan fingerprint density at radius 3 is 2.61 bits per heavy atom. The first-order valence-electron chi connectivity index (χ1n) is 8.01. The van der Waals surface area contributed by atoms with Crippen molar-refractivity contribution in [2.24, 2.45) is 4.99 Å². The molecule has 1 fully saturated rings. The maximum atomic E-state index is 11.7. The topological polar surface area (TPSA) is 64.1 Å². The van der Waals surface area contributed by atoms with E-state index in [1.54, 1.807) is 19.0 Å². The van der Waals surface area contributed by atoms with E-state index in [0.717, 1.165) is 44.5 Å². The van der Waals surface area contributed by atoms with E-state index < -0.39 is 0 Å². The summed E-state index contributed by atoms with van der Waals surface area (Å²) in [6, 6.07) is 5.97. The molecular formula is C16H26N6O.